The topological polar surface area (TPSA) is 79.4 Å². The van der Waals surface area contributed by atoms with Gasteiger partial charge in [-0.15, -0.1) is 0 Å². The van der Waals surface area contributed by atoms with E-state index < -0.39 is 15.9 Å². The van der Waals surface area contributed by atoms with Crippen LogP contribution in [-0.2, 0) is 14.8 Å². The lowest BCUT2D eigenvalue weighted by Crippen LogP contribution is -2.34. The van der Waals surface area contributed by atoms with Gasteiger partial charge in [0.25, 0.3) is 0 Å². The minimum atomic E-state index is -3.33. The zero-order chi connectivity index (χ0) is 12.2. The van der Waals surface area contributed by atoms with Crippen LogP contribution in [0.25, 0.3) is 0 Å². The molecule has 7 heteroatoms. The average molecular weight is 243 g/mol. The molecule has 0 spiro atoms. The smallest absolute Gasteiger partial charge is 0.239 e. The molecule has 0 aromatic carbocycles. The van der Waals surface area contributed by atoms with E-state index in [2.05, 4.69) is 10.3 Å². The van der Waals surface area contributed by atoms with Crippen LogP contribution in [0.2, 0.25) is 0 Å². The highest BCUT2D eigenvalue weighted by atomic mass is 32.2. The molecule has 0 unspecified atom stereocenters. The first-order chi connectivity index (χ1) is 7.39. The van der Waals surface area contributed by atoms with Crippen molar-refractivity contribution in [2.75, 3.05) is 25.2 Å². The molecule has 0 fully saturated rings. The molecule has 1 N–H and O–H groups in total. The van der Waals surface area contributed by atoms with Gasteiger partial charge in [0, 0.05) is 13.2 Å². The molecule has 0 bridgehead atoms. The Morgan fingerprint density at radius 3 is 2.75 bits per heavy atom. The van der Waals surface area contributed by atoms with E-state index in [0.29, 0.717) is 5.69 Å². The number of hydrogen-bond acceptors (Lipinski definition) is 4. The van der Waals surface area contributed by atoms with Crippen LogP contribution >= 0.6 is 0 Å². The van der Waals surface area contributed by atoms with Crippen LogP contribution in [0.1, 0.15) is 0 Å². The Hall–Kier alpha value is -1.47. The molecule has 0 saturated heterocycles. The molecule has 1 aromatic rings. The van der Waals surface area contributed by atoms with Crippen molar-refractivity contribution in [2.45, 2.75) is 0 Å². The molecule has 6 nitrogen and oxygen atoms in total. The Kier molecular flexibility index (Phi) is 3.97. The number of rotatable bonds is 4. The summed E-state index contributed by atoms with van der Waals surface area (Å²) in [4.78, 5) is 15.2. The lowest BCUT2D eigenvalue weighted by molar-refractivity contribution is -0.116. The van der Waals surface area contributed by atoms with Crippen LogP contribution in [0.4, 0.5) is 5.69 Å². The summed E-state index contributed by atoms with van der Waals surface area (Å²) < 4.78 is 23.1. The van der Waals surface area contributed by atoms with Crippen molar-refractivity contribution in [1.29, 1.82) is 0 Å². The van der Waals surface area contributed by atoms with Crippen LogP contribution in [0.3, 0.4) is 0 Å². The van der Waals surface area contributed by atoms with Gasteiger partial charge < -0.3 is 5.32 Å². The lowest BCUT2D eigenvalue weighted by Gasteiger charge is -2.13. The summed E-state index contributed by atoms with van der Waals surface area (Å²) in [5.74, 6) is -0.402. The number of anilines is 1. The van der Waals surface area contributed by atoms with E-state index in [1.54, 1.807) is 18.3 Å². The Morgan fingerprint density at radius 2 is 2.25 bits per heavy atom. The molecule has 88 valence electrons. The van der Waals surface area contributed by atoms with Gasteiger partial charge in [0.05, 0.1) is 24.7 Å². The fourth-order valence-electron chi connectivity index (χ4n) is 0.957. The van der Waals surface area contributed by atoms with E-state index in [4.69, 9.17) is 0 Å². The molecule has 1 aromatic heterocycles. The maximum Gasteiger partial charge on any atom is 0.239 e. The number of carbonyl (C=O) groups is 1. The third kappa shape index (κ3) is 3.95. The number of nitrogens with one attached hydrogen (secondary N) is 1. The van der Waals surface area contributed by atoms with E-state index in [9.17, 15) is 13.2 Å². The Morgan fingerprint density at radius 1 is 1.56 bits per heavy atom. The summed E-state index contributed by atoms with van der Waals surface area (Å²) in [5.41, 5.74) is 0.536. The van der Waals surface area contributed by atoms with Crippen molar-refractivity contribution in [3.63, 3.8) is 0 Å². The molecule has 0 aliphatic carbocycles. The fraction of sp³-hybridized carbons (Fsp3) is 0.333. The van der Waals surface area contributed by atoms with Crippen molar-refractivity contribution < 1.29 is 13.2 Å². The highest BCUT2D eigenvalue weighted by Gasteiger charge is 2.14. The standard InChI is InChI=1S/C9H13N3O3S/c1-12(16(2,14)15)7-9(13)11-8-4-3-5-10-6-8/h3-6H,7H2,1-2H3,(H,11,13). The predicted molar refractivity (Wildman–Crippen MR) is 60.3 cm³/mol. The number of nitrogens with zero attached hydrogens (tertiary/aromatic N) is 2. The maximum absolute atomic E-state index is 11.4. The molecule has 0 aliphatic rings. The van der Waals surface area contributed by atoms with Gasteiger partial charge >= 0.3 is 0 Å². The van der Waals surface area contributed by atoms with E-state index in [-0.39, 0.29) is 6.54 Å². The highest BCUT2D eigenvalue weighted by molar-refractivity contribution is 7.88. The highest BCUT2D eigenvalue weighted by Crippen LogP contribution is 2.02. The van der Waals surface area contributed by atoms with Crippen LogP contribution in [0.5, 0.6) is 0 Å². The van der Waals surface area contributed by atoms with E-state index >= 15 is 0 Å². The van der Waals surface area contributed by atoms with Crippen LogP contribution in [0, 0.1) is 0 Å². The second kappa shape index (κ2) is 5.04. The lowest BCUT2D eigenvalue weighted by atomic mass is 10.4. The fourth-order valence-corrected chi connectivity index (χ4v) is 1.31. The quantitative estimate of drug-likeness (QED) is 0.801. The maximum atomic E-state index is 11.4. The summed E-state index contributed by atoms with van der Waals surface area (Å²) >= 11 is 0. The molecular formula is C9H13N3O3S. The van der Waals surface area contributed by atoms with Crippen LogP contribution < -0.4 is 5.32 Å². The SMILES string of the molecule is CN(CC(=O)Nc1cccnc1)S(C)(=O)=O. The third-order valence-electron chi connectivity index (χ3n) is 1.88. The minimum absolute atomic E-state index is 0.215. The average Bonchev–Trinajstić information content (AvgIpc) is 2.17. The largest absolute Gasteiger partial charge is 0.324 e. The molecule has 0 aliphatic heterocycles. The Labute approximate surface area is 94.3 Å². The molecule has 1 heterocycles. The zero-order valence-corrected chi connectivity index (χ0v) is 9.86. The van der Waals surface area contributed by atoms with Gasteiger partial charge in [0.1, 0.15) is 0 Å². The third-order valence-corrected chi connectivity index (χ3v) is 3.14. The van der Waals surface area contributed by atoms with E-state index in [1.807, 2.05) is 0 Å². The van der Waals surface area contributed by atoms with Gasteiger partial charge in [-0.25, -0.2) is 8.42 Å². The first-order valence-corrected chi connectivity index (χ1v) is 6.35. The summed E-state index contributed by atoms with van der Waals surface area (Å²) in [5, 5.41) is 2.54. The molecule has 16 heavy (non-hydrogen) atoms. The first-order valence-electron chi connectivity index (χ1n) is 4.51. The first kappa shape index (κ1) is 12.6. The molecule has 0 saturated carbocycles. The number of aromatic nitrogens is 1. The normalized spacial score (nSPS) is 11.4. The second-order valence-corrected chi connectivity index (χ2v) is 5.40. The number of hydrogen-bond donors (Lipinski definition) is 1. The Bertz CT molecular complexity index is 458. The van der Waals surface area contributed by atoms with Crippen molar-refractivity contribution >= 4 is 21.6 Å². The second-order valence-electron chi connectivity index (χ2n) is 3.31. The van der Waals surface area contributed by atoms with Gasteiger partial charge in [-0.3, -0.25) is 9.78 Å². The van der Waals surface area contributed by atoms with E-state index in [1.165, 1.54) is 13.2 Å². The van der Waals surface area contributed by atoms with Crippen molar-refractivity contribution in [3.8, 4) is 0 Å². The van der Waals surface area contributed by atoms with Crippen LogP contribution in [-0.4, -0.2) is 43.5 Å². The number of sulfonamides is 1. The Balaban J connectivity index is 2.56. The molecule has 0 atom stereocenters. The van der Waals surface area contributed by atoms with Crippen molar-refractivity contribution in [2.24, 2.45) is 0 Å². The molecule has 0 radical (unpaired) electrons. The zero-order valence-electron chi connectivity index (χ0n) is 9.04. The van der Waals surface area contributed by atoms with Gasteiger partial charge in [0.2, 0.25) is 15.9 Å². The summed E-state index contributed by atoms with van der Waals surface area (Å²) in [6, 6.07) is 3.35. The molecule has 1 amide bonds. The van der Waals surface area contributed by atoms with Gasteiger partial charge in [0.15, 0.2) is 0 Å². The summed E-state index contributed by atoms with van der Waals surface area (Å²) in [6.45, 7) is -0.215. The number of amides is 1. The van der Waals surface area contributed by atoms with Gasteiger partial charge in [-0.05, 0) is 12.1 Å². The number of carbonyl (C=O) groups excluding carboxylic acids is 1. The summed E-state index contributed by atoms with van der Waals surface area (Å²) in [7, 11) is -1.99. The number of pyridine rings is 1. The molecular weight excluding hydrogens is 230 g/mol. The van der Waals surface area contributed by atoms with Crippen LogP contribution in [0.15, 0.2) is 24.5 Å². The van der Waals surface area contributed by atoms with Gasteiger partial charge in [-0.2, -0.15) is 4.31 Å². The minimum Gasteiger partial charge on any atom is -0.324 e. The van der Waals surface area contributed by atoms with Crippen molar-refractivity contribution in [1.82, 2.24) is 9.29 Å². The summed E-state index contributed by atoms with van der Waals surface area (Å²) in [6.07, 6.45) is 4.11. The number of likely N-dealkylation sites (N-methyl/N-ethyl adjacent to an activating group) is 1. The van der Waals surface area contributed by atoms with Crippen molar-refractivity contribution in [3.05, 3.63) is 24.5 Å². The van der Waals surface area contributed by atoms with Gasteiger partial charge in [-0.1, -0.05) is 0 Å². The van der Waals surface area contributed by atoms with E-state index in [0.717, 1.165) is 10.6 Å². The monoisotopic (exact) mass is 243 g/mol. The molecule has 1 rings (SSSR count). The predicted octanol–water partition coefficient (Wildman–Crippen LogP) is -0.0885.